The van der Waals surface area contributed by atoms with E-state index in [1.165, 1.54) is 4.57 Å². The van der Waals surface area contributed by atoms with E-state index in [4.69, 9.17) is 11.0 Å². The molecule has 0 fully saturated rings. The molecule has 1 aliphatic carbocycles. The number of rotatable bonds is 4. The van der Waals surface area contributed by atoms with Gasteiger partial charge in [-0.2, -0.15) is 0 Å². The van der Waals surface area contributed by atoms with Crippen molar-refractivity contribution >= 4 is 28.3 Å². The normalized spacial score (nSPS) is 26.4. The Morgan fingerprint density at radius 1 is 1.32 bits per heavy atom. The molecule has 28 heavy (non-hydrogen) atoms. The summed E-state index contributed by atoms with van der Waals surface area (Å²) in [6.07, 6.45) is 2.51. The van der Waals surface area contributed by atoms with Crippen LogP contribution in [-0.4, -0.2) is 58.9 Å². The van der Waals surface area contributed by atoms with Crippen LogP contribution in [0.1, 0.15) is 53.9 Å². The molecule has 1 aromatic heterocycles. The molecule has 0 saturated heterocycles. The highest BCUT2D eigenvalue weighted by atomic mass is 16.2. The van der Waals surface area contributed by atoms with Gasteiger partial charge in [0.1, 0.15) is 0 Å². The second-order valence-corrected chi connectivity index (χ2v) is 7.38. The maximum atomic E-state index is 13.5. The molecule has 4 rings (SSSR count). The van der Waals surface area contributed by atoms with Gasteiger partial charge in [-0.05, 0) is 49.9 Å². The molecule has 0 N–H and O–H groups in total. The van der Waals surface area contributed by atoms with Gasteiger partial charge >= 0.3 is 0 Å². The summed E-state index contributed by atoms with van der Waals surface area (Å²) in [5.74, 6) is -1.60. The fourth-order valence-corrected chi connectivity index (χ4v) is 4.34. The predicted molar refractivity (Wildman–Crippen MR) is 112 cm³/mol. The molecule has 2 heterocycles. The van der Waals surface area contributed by atoms with Gasteiger partial charge < -0.3 is 4.90 Å². The van der Waals surface area contributed by atoms with Crippen molar-refractivity contribution in [1.29, 1.82) is 0 Å². The molecule has 1 aliphatic heterocycles. The SMILES string of the molecule is [2H]c1cc2c3c(c([2H])n(C(=O)CC)c3c1)C[C@@H]1C2=C[C@@H](C(=O)N(CC([2H])([2H])[2H])CC([2H])([2H])[2H])CN1C. The summed E-state index contributed by atoms with van der Waals surface area (Å²) in [7, 11) is 1.82. The van der Waals surface area contributed by atoms with E-state index in [2.05, 4.69) is 0 Å². The summed E-state index contributed by atoms with van der Waals surface area (Å²) in [5, 5.41) is 0.712. The van der Waals surface area contributed by atoms with Crippen LogP contribution in [0.2, 0.25) is 0 Å². The Labute approximate surface area is 177 Å². The fourth-order valence-electron chi connectivity index (χ4n) is 4.34. The van der Waals surface area contributed by atoms with Gasteiger partial charge in [-0.15, -0.1) is 0 Å². The number of hydrogen-bond donors (Lipinski definition) is 0. The zero-order valence-electron chi connectivity index (χ0n) is 24.1. The van der Waals surface area contributed by atoms with Crippen molar-refractivity contribution < 1.29 is 20.6 Å². The van der Waals surface area contributed by atoms with Crippen LogP contribution in [0, 0.1) is 5.92 Å². The number of hydrogen-bond acceptors (Lipinski definition) is 3. The Balaban J connectivity index is 1.83. The van der Waals surface area contributed by atoms with E-state index >= 15 is 0 Å². The lowest BCUT2D eigenvalue weighted by molar-refractivity contribution is -0.134. The van der Waals surface area contributed by atoms with Gasteiger partial charge in [0, 0.05) is 51.9 Å². The van der Waals surface area contributed by atoms with Crippen molar-refractivity contribution in [2.24, 2.45) is 5.92 Å². The van der Waals surface area contributed by atoms with E-state index in [9.17, 15) is 9.59 Å². The van der Waals surface area contributed by atoms with Crippen LogP contribution >= 0.6 is 0 Å². The first kappa shape index (κ1) is 11.6. The quantitative estimate of drug-likeness (QED) is 0.807. The molecule has 1 amide bonds. The molecule has 0 bridgehead atoms. The molecule has 2 aliphatic rings. The van der Waals surface area contributed by atoms with Gasteiger partial charge in [0.05, 0.1) is 14.2 Å². The number of benzene rings is 1. The summed E-state index contributed by atoms with van der Waals surface area (Å²) in [5.41, 5.74) is 2.64. The van der Waals surface area contributed by atoms with Crippen molar-refractivity contribution in [1.82, 2.24) is 14.4 Å². The van der Waals surface area contributed by atoms with Crippen LogP contribution in [0.25, 0.3) is 16.5 Å². The van der Waals surface area contributed by atoms with Crippen LogP contribution in [0.5, 0.6) is 0 Å². The van der Waals surface area contributed by atoms with E-state index in [1.54, 1.807) is 25.1 Å². The second-order valence-electron chi connectivity index (χ2n) is 7.38. The number of likely N-dealkylation sites (N-methyl/N-ethyl adjacent to an activating group) is 1. The third-order valence-corrected chi connectivity index (χ3v) is 5.79. The Morgan fingerprint density at radius 2 is 2.11 bits per heavy atom. The highest BCUT2D eigenvalue weighted by Gasteiger charge is 2.37. The van der Waals surface area contributed by atoms with E-state index < -0.39 is 38.6 Å². The van der Waals surface area contributed by atoms with Gasteiger partial charge in [0.25, 0.3) is 0 Å². The molecule has 0 spiro atoms. The lowest BCUT2D eigenvalue weighted by atomic mass is 9.79. The highest BCUT2D eigenvalue weighted by molar-refractivity contribution is 6.03. The zero-order valence-corrected chi connectivity index (χ0v) is 16.1. The number of fused-ring (bicyclic) bond motifs is 2. The Kier molecular flexibility index (Phi) is 2.98. The third-order valence-electron chi connectivity index (χ3n) is 5.79. The van der Waals surface area contributed by atoms with Gasteiger partial charge in [-0.25, -0.2) is 0 Å². The predicted octanol–water partition coefficient (Wildman–Crippen LogP) is 3.43. The Hall–Kier alpha value is -2.40. The third kappa shape index (κ3) is 2.80. The van der Waals surface area contributed by atoms with Gasteiger partial charge in [-0.1, -0.05) is 25.1 Å². The molecule has 0 unspecified atom stereocenters. The van der Waals surface area contributed by atoms with Crippen molar-refractivity contribution in [3.63, 3.8) is 0 Å². The first-order valence-electron chi connectivity index (χ1n) is 13.5. The zero-order chi connectivity index (χ0) is 26.7. The summed E-state index contributed by atoms with van der Waals surface area (Å²) in [6, 6.07) is 3.18. The molecule has 1 aromatic carbocycles. The molecule has 0 radical (unpaired) electrons. The second kappa shape index (κ2) is 7.21. The molecule has 148 valence electrons. The Morgan fingerprint density at radius 3 is 2.82 bits per heavy atom. The van der Waals surface area contributed by atoms with Crippen LogP contribution in [0.4, 0.5) is 0 Å². The van der Waals surface area contributed by atoms with Crippen molar-refractivity contribution in [2.45, 2.75) is 39.5 Å². The molecule has 5 nitrogen and oxygen atoms in total. The summed E-state index contributed by atoms with van der Waals surface area (Å²) in [6.45, 7) is -4.40. The average molecular weight is 388 g/mol. The van der Waals surface area contributed by atoms with E-state index in [1.807, 2.05) is 11.9 Å². The maximum Gasteiger partial charge on any atom is 0.230 e. The number of nitrogens with zero attached hydrogens (tertiary/aromatic N) is 3. The molecule has 5 heteroatoms. The lowest BCUT2D eigenvalue weighted by Gasteiger charge is -2.40. The van der Waals surface area contributed by atoms with E-state index in [-0.39, 0.29) is 37.1 Å². The van der Waals surface area contributed by atoms with Crippen LogP contribution in [-0.2, 0) is 11.2 Å². The minimum absolute atomic E-state index is 0.107. The standard InChI is InChI=1S/C23H29N3O2/c1-5-21(27)26-14-15-12-20-18(17-9-8-10-19(26)22(15)17)11-16(13-24(20)4)23(28)25(6-2)7-3/h8-11,14,16,20H,5-7,12-13H2,1-4H3/t16-,20-/m1/s1/i2D3,3D3,8D,14D. The van der Waals surface area contributed by atoms with Gasteiger partial charge in [0.2, 0.25) is 11.8 Å². The van der Waals surface area contributed by atoms with Gasteiger partial charge in [-0.3, -0.25) is 19.1 Å². The first-order chi connectivity index (χ1) is 16.6. The molecular weight excluding hydrogens is 350 g/mol. The summed E-state index contributed by atoms with van der Waals surface area (Å²) < 4.78 is 63.9. The maximum absolute atomic E-state index is 13.5. The number of carbonyl (C=O) groups excluding carboxylic acids is 2. The number of aromatic nitrogens is 1. The summed E-state index contributed by atoms with van der Waals surface area (Å²) in [4.78, 5) is 28.9. The smallest absolute Gasteiger partial charge is 0.230 e. The lowest BCUT2D eigenvalue weighted by Crippen LogP contribution is -2.47. The number of carbonyl (C=O) groups is 2. The monoisotopic (exact) mass is 387 g/mol. The highest BCUT2D eigenvalue weighted by Crippen LogP contribution is 2.41. The topological polar surface area (TPSA) is 45.6 Å². The minimum Gasteiger partial charge on any atom is -0.343 e. The van der Waals surface area contributed by atoms with Crippen molar-refractivity contribution in [2.75, 3.05) is 26.7 Å². The number of amides is 1. The van der Waals surface area contributed by atoms with Crippen LogP contribution in [0.3, 0.4) is 0 Å². The fraction of sp³-hybridized carbons (Fsp3) is 0.478. The van der Waals surface area contributed by atoms with Crippen molar-refractivity contribution in [3.8, 4) is 0 Å². The van der Waals surface area contributed by atoms with Crippen LogP contribution in [0.15, 0.2) is 30.4 Å². The molecule has 2 atom stereocenters. The average Bonchev–Trinajstić information content (AvgIpc) is 3.02. The first-order valence-corrected chi connectivity index (χ1v) is 9.50. The molecule has 2 aromatic rings. The van der Waals surface area contributed by atoms with E-state index in [0.717, 1.165) is 10.5 Å². The minimum atomic E-state index is -2.51. The molecule has 0 saturated carbocycles. The Bertz CT molecular complexity index is 1240. The van der Waals surface area contributed by atoms with Crippen LogP contribution < -0.4 is 0 Å². The van der Waals surface area contributed by atoms with Crippen molar-refractivity contribution in [3.05, 3.63) is 41.6 Å². The largest absolute Gasteiger partial charge is 0.343 e. The van der Waals surface area contributed by atoms with Gasteiger partial charge in [0.15, 0.2) is 0 Å². The van der Waals surface area contributed by atoms with E-state index in [0.29, 0.717) is 28.5 Å². The summed E-state index contributed by atoms with van der Waals surface area (Å²) >= 11 is 0. The molecular formula is C23H29N3O2.